The maximum absolute atomic E-state index is 10.2. The maximum Gasteiger partial charge on any atom is 0.152 e. The van der Waals surface area contributed by atoms with Gasteiger partial charge in [0.05, 0.1) is 0 Å². The van der Waals surface area contributed by atoms with Gasteiger partial charge in [0.25, 0.3) is 0 Å². The molecule has 0 heterocycles. The summed E-state index contributed by atoms with van der Waals surface area (Å²) >= 11 is 0. The molecular weight excluding hydrogens is 284 g/mol. The minimum Gasteiger partial charge on any atom is -0.508 e. The Balaban J connectivity index is 1.67. The zero-order valence-electron chi connectivity index (χ0n) is 14.9. The number of rotatable bonds is 1. The van der Waals surface area contributed by atoms with Crippen LogP contribution in [-0.4, -0.2) is 10.2 Å². The summed E-state index contributed by atoms with van der Waals surface area (Å²) in [5.74, 6) is 3.63. The molecular formula is C21H32O2. The SMILES string of the molecule is CC[C@H]1CC[C@H]2[C@@H]3CCC4=CC(O)=C(O)C[C@]4(C)[C@H]3CC[C@]12C. The van der Waals surface area contributed by atoms with Crippen LogP contribution < -0.4 is 0 Å². The van der Waals surface area contributed by atoms with Gasteiger partial charge in [-0.2, -0.15) is 0 Å². The van der Waals surface area contributed by atoms with Gasteiger partial charge in [0, 0.05) is 6.42 Å². The molecule has 0 aromatic heterocycles. The van der Waals surface area contributed by atoms with Gasteiger partial charge in [-0.3, -0.25) is 0 Å². The number of aliphatic hydroxyl groups is 2. The molecule has 2 nitrogen and oxygen atoms in total. The highest BCUT2D eigenvalue weighted by Gasteiger charge is 2.58. The van der Waals surface area contributed by atoms with Crippen molar-refractivity contribution in [1.29, 1.82) is 0 Å². The highest BCUT2D eigenvalue weighted by molar-refractivity contribution is 5.34. The van der Waals surface area contributed by atoms with E-state index < -0.39 is 0 Å². The molecule has 0 unspecified atom stereocenters. The van der Waals surface area contributed by atoms with Crippen molar-refractivity contribution < 1.29 is 10.2 Å². The lowest BCUT2D eigenvalue weighted by Gasteiger charge is -2.58. The van der Waals surface area contributed by atoms with Gasteiger partial charge >= 0.3 is 0 Å². The van der Waals surface area contributed by atoms with Crippen molar-refractivity contribution in [3.05, 3.63) is 23.2 Å². The number of fused-ring (bicyclic) bond motifs is 5. The fourth-order valence-electron chi connectivity index (χ4n) is 7.27. The quantitative estimate of drug-likeness (QED) is 0.631. The minimum absolute atomic E-state index is 0.0743. The molecule has 4 aliphatic carbocycles. The summed E-state index contributed by atoms with van der Waals surface area (Å²) in [6.45, 7) is 7.31. The molecule has 6 atom stereocenters. The van der Waals surface area contributed by atoms with Crippen LogP contribution in [0.5, 0.6) is 0 Å². The van der Waals surface area contributed by atoms with E-state index >= 15 is 0 Å². The van der Waals surface area contributed by atoms with Crippen molar-refractivity contribution in [2.45, 2.75) is 72.1 Å². The summed E-state index contributed by atoms with van der Waals surface area (Å²) in [4.78, 5) is 0. The van der Waals surface area contributed by atoms with Crippen molar-refractivity contribution in [2.24, 2.45) is 34.5 Å². The first-order valence-corrected chi connectivity index (χ1v) is 9.72. The lowest BCUT2D eigenvalue weighted by Crippen LogP contribution is -2.50. The van der Waals surface area contributed by atoms with E-state index in [1.807, 2.05) is 6.08 Å². The number of allylic oxidation sites excluding steroid dienone is 3. The third kappa shape index (κ3) is 1.99. The summed E-state index contributed by atoms with van der Waals surface area (Å²) in [5.41, 5.74) is 2.02. The monoisotopic (exact) mass is 316 g/mol. The first-order chi connectivity index (χ1) is 10.9. The highest BCUT2D eigenvalue weighted by Crippen LogP contribution is 2.67. The molecule has 2 N–H and O–H groups in total. The summed E-state index contributed by atoms with van der Waals surface area (Å²) < 4.78 is 0. The molecule has 3 saturated carbocycles. The van der Waals surface area contributed by atoms with Crippen LogP contribution in [0.1, 0.15) is 72.1 Å². The Morgan fingerprint density at radius 2 is 1.87 bits per heavy atom. The van der Waals surface area contributed by atoms with Crippen molar-refractivity contribution in [3.63, 3.8) is 0 Å². The second-order valence-corrected chi connectivity index (χ2v) is 9.24. The van der Waals surface area contributed by atoms with E-state index in [1.54, 1.807) is 0 Å². The van der Waals surface area contributed by atoms with E-state index in [0.717, 1.165) is 24.2 Å². The molecule has 0 aromatic carbocycles. The van der Waals surface area contributed by atoms with E-state index in [1.165, 1.54) is 44.1 Å². The molecule has 0 aliphatic heterocycles. The van der Waals surface area contributed by atoms with Gasteiger partial charge in [-0.05, 0) is 79.1 Å². The molecule has 0 aromatic rings. The van der Waals surface area contributed by atoms with E-state index in [9.17, 15) is 10.2 Å². The van der Waals surface area contributed by atoms with Gasteiger partial charge in [-0.1, -0.05) is 32.8 Å². The van der Waals surface area contributed by atoms with Crippen molar-refractivity contribution >= 4 is 0 Å². The van der Waals surface area contributed by atoms with Crippen molar-refractivity contribution in [3.8, 4) is 0 Å². The van der Waals surface area contributed by atoms with Crippen LogP contribution in [-0.2, 0) is 0 Å². The van der Waals surface area contributed by atoms with Crippen LogP contribution in [0.4, 0.5) is 0 Å². The molecule has 0 radical (unpaired) electrons. The fourth-order valence-corrected chi connectivity index (χ4v) is 7.27. The first-order valence-electron chi connectivity index (χ1n) is 9.72. The summed E-state index contributed by atoms with van der Waals surface area (Å²) in [6, 6.07) is 0. The van der Waals surface area contributed by atoms with E-state index in [0.29, 0.717) is 17.8 Å². The Morgan fingerprint density at radius 1 is 1.09 bits per heavy atom. The molecule has 4 rings (SSSR count). The van der Waals surface area contributed by atoms with Gasteiger partial charge in [0.2, 0.25) is 0 Å². The molecule has 0 amide bonds. The Hall–Kier alpha value is -0.920. The Kier molecular flexibility index (Phi) is 3.42. The zero-order chi connectivity index (χ0) is 16.4. The predicted molar refractivity (Wildman–Crippen MR) is 93.2 cm³/mol. The van der Waals surface area contributed by atoms with Crippen molar-refractivity contribution in [1.82, 2.24) is 0 Å². The average Bonchev–Trinajstić information content (AvgIpc) is 2.85. The van der Waals surface area contributed by atoms with E-state index in [2.05, 4.69) is 20.8 Å². The molecule has 2 heteroatoms. The molecule has 0 saturated heterocycles. The average molecular weight is 316 g/mol. The second-order valence-electron chi connectivity index (χ2n) is 9.24. The molecule has 128 valence electrons. The predicted octanol–water partition coefficient (Wildman–Crippen LogP) is 5.91. The van der Waals surface area contributed by atoms with Crippen molar-refractivity contribution in [2.75, 3.05) is 0 Å². The molecule has 23 heavy (non-hydrogen) atoms. The fraction of sp³-hybridized carbons (Fsp3) is 0.810. The van der Waals surface area contributed by atoms with E-state index in [-0.39, 0.29) is 16.9 Å². The van der Waals surface area contributed by atoms with Gasteiger partial charge < -0.3 is 10.2 Å². The van der Waals surface area contributed by atoms with Crippen LogP contribution >= 0.6 is 0 Å². The molecule has 4 aliphatic rings. The van der Waals surface area contributed by atoms with Crippen LogP contribution in [0, 0.1) is 34.5 Å². The van der Waals surface area contributed by atoms with Crippen LogP contribution in [0.2, 0.25) is 0 Å². The van der Waals surface area contributed by atoms with Crippen LogP contribution in [0.15, 0.2) is 23.2 Å². The number of aliphatic hydroxyl groups excluding tert-OH is 2. The van der Waals surface area contributed by atoms with Crippen LogP contribution in [0.3, 0.4) is 0 Å². The third-order valence-corrected chi connectivity index (χ3v) is 8.57. The summed E-state index contributed by atoms with van der Waals surface area (Å²) in [6.07, 6.45) is 11.8. The van der Waals surface area contributed by atoms with Gasteiger partial charge in [-0.25, -0.2) is 0 Å². The largest absolute Gasteiger partial charge is 0.508 e. The Morgan fingerprint density at radius 3 is 2.61 bits per heavy atom. The summed E-state index contributed by atoms with van der Waals surface area (Å²) in [7, 11) is 0. The van der Waals surface area contributed by atoms with Gasteiger partial charge in [-0.15, -0.1) is 0 Å². The third-order valence-electron chi connectivity index (χ3n) is 8.57. The topological polar surface area (TPSA) is 40.5 Å². The lowest BCUT2D eigenvalue weighted by molar-refractivity contribution is -0.0506. The smallest absolute Gasteiger partial charge is 0.152 e. The number of hydrogen-bond donors (Lipinski definition) is 2. The van der Waals surface area contributed by atoms with Gasteiger partial charge in [0.1, 0.15) is 5.76 Å². The summed E-state index contributed by atoms with van der Waals surface area (Å²) in [5, 5.41) is 20.1. The Labute approximate surface area is 140 Å². The standard InChI is InChI=1S/C21H32O2/c1-4-13-6-8-16-15-7-5-14-11-18(22)19(23)12-21(14,3)17(15)9-10-20(13,16)2/h11,13,15-17,22-23H,4-10,12H2,1-3H3/t13-,15-,16-,17-,20+,21-/m0/s1. The normalized spacial score (nSPS) is 49.3. The molecule has 3 fully saturated rings. The Bertz CT molecular complexity index is 574. The maximum atomic E-state index is 10.2. The highest BCUT2D eigenvalue weighted by atomic mass is 16.3. The minimum atomic E-state index is 0.0743. The molecule has 0 spiro atoms. The molecule has 0 bridgehead atoms. The first kappa shape index (κ1) is 15.6. The second kappa shape index (κ2) is 5.04. The van der Waals surface area contributed by atoms with Crippen LogP contribution in [0.25, 0.3) is 0 Å². The number of hydrogen-bond acceptors (Lipinski definition) is 2. The lowest BCUT2D eigenvalue weighted by atomic mass is 9.47. The van der Waals surface area contributed by atoms with E-state index in [4.69, 9.17) is 0 Å². The zero-order valence-corrected chi connectivity index (χ0v) is 14.9. The van der Waals surface area contributed by atoms with Gasteiger partial charge in [0.15, 0.2) is 5.76 Å².